The molecule has 1 aromatic heterocycles. The minimum absolute atomic E-state index is 0.101. The molecule has 5 nitrogen and oxygen atoms in total. The number of pyridine rings is 1. The number of rotatable bonds is 3. The summed E-state index contributed by atoms with van der Waals surface area (Å²) in [5.41, 5.74) is 2.11. The number of nitrogens with one attached hydrogen (secondary N) is 2. The summed E-state index contributed by atoms with van der Waals surface area (Å²) in [5, 5.41) is 14.9. The van der Waals surface area contributed by atoms with E-state index in [1.54, 1.807) is 36.5 Å². The first-order chi connectivity index (χ1) is 10.4. The van der Waals surface area contributed by atoms with Gasteiger partial charge >= 0.3 is 0 Å². The topological polar surface area (TPSA) is 77.8 Å². The lowest BCUT2D eigenvalue weighted by Crippen LogP contribution is -2.26. The van der Waals surface area contributed by atoms with Crippen molar-refractivity contribution in [2.75, 3.05) is 10.6 Å². The van der Waals surface area contributed by atoms with Crippen LogP contribution in [0.5, 0.6) is 0 Å². The van der Waals surface area contributed by atoms with Crippen molar-refractivity contribution >= 4 is 17.3 Å². The van der Waals surface area contributed by atoms with Gasteiger partial charge in [0, 0.05) is 23.1 Å². The third-order valence-electron chi connectivity index (χ3n) is 2.76. The molecule has 0 aliphatic carbocycles. The summed E-state index contributed by atoms with van der Waals surface area (Å²) < 4.78 is 0. The predicted molar refractivity (Wildman–Crippen MR) is 86.7 cm³/mol. The summed E-state index contributed by atoms with van der Waals surface area (Å²) in [6.45, 7) is 6.13. The molecule has 2 aromatic rings. The highest BCUT2D eigenvalue weighted by Gasteiger charge is 2.12. The fraction of sp³-hybridized carbons (Fsp3) is 0.235. The number of aromatic nitrogens is 1. The van der Waals surface area contributed by atoms with Gasteiger partial charge in [-0.2, -0.15) is 5.26 Å². The van der Waals surface area contributed by atoms with Crippen LogP contribution in [0.25, 0.3) is 0 Å². The van der Waals surface area contributed by atoms with Gasteiger partial charge in [-0.1, -0.05) is 6.07 Å². The van der Waals surface area contributed by atoms with Crippen molar-refractivity contribution in [3.05, 3.63) is 53.9 Å². The molecular weight excluding hydrogens is 276 g/mol. The van der Waals surface area contributed by atoms with Gasteiger partial charge in [-0.25, -0.2) is 0 Å². The van der Waals surface area contributed by atoms with Gasteiger partial charge in [0.05, 0.1) is 11.6 Å². The molecule has 1 amide bonds. The molecule has 0 aliphatic rings. The molecule has 0 aliphatic heterocycles. The molecule has 0 radical (unpaired) electrons. The van der Waals surface area contributed by atoms with E-state index in [1.807, 2.05) is 32.9 Å². The predicted octanol–water partition coefficient (Wildman–Crippen LogP) is 3.42. The Hall–Kier alpha value is -2.87. The van der Waals surface area contributed by atoms with E-state index in [-0.39, 0.29) is 11.4 Å². The maximum Gasteiger partial charge on any atom is 0.274 e. The van der Waals surface area contributed by atoms with Crippen molar-refractivity contribution in [2.24, 2.45) is 0 Å². The molecule has 0 bridgehead atoms. The van der Waals surface area contributed by atoms with E-state index in [0.29, 0.717) is 16.9 Å². The van der Waals surface area contributed by atoms with Crippen LogP contribution >= 0.6 is 0 Å². The van der Waals surface area contributed by atoms with Gasteiger partial charge in [0.2, 0.25) is 0 Å². The largest absolute Gasteiger partial charge is 0.380 e. The molecule has 2 rings (SSSR count). The molecule has 2 N–H and O–H groups in total. The normalized spacial score (nSPS) is 10.6. The van der Waals surface area contributed by atoms with E-state index in [4.69, 9.17) is 5.26 Å². The maximum absolute atomic E-state index is 12.2. The molecule has 0 fully saturated rings. The van der Waals surface area contributed by atoms with Crippen LogP contribution in [0.4, 0.5) is 11.4 Å². The summed E-state index contributed by atoms with van der Waals surface area (Å²) >= 11 is 0. The molecule has 0 unspecified atom stereocenters. The first-order valence-electron chi connectivity index (χ1n) is 6.93. The summed E-state index contributed by atoms with van der Waals surface area (Å²) in [6, 6.07) is 12.3. The van der Waals surface area contributed by atoms with Crippen molar-refractivity contribution in [1.82, 2.24) is 4.98 Å². The first kappa shape index (κ1) is 15.5. The van der Waals surface area contributed by atoms with Crippen molar-refractivity contribution in [1.29, 1.82) is 5.26 Å². The number of amides is 1. The Morgan fingerprint density at radius 1 is 1.18 bits per heavy atom. The van der Waals surface area contributed by atoms with Gasteiger partial charge < -0.3 is 10.6 Å². The Kier molecular flexibility index (Phi) is 4.42. The lowest BCUT2D eigenvalue weighted by molar-refractivity contribution is 0.102. The van der Waals surface area contributed by atoms with Gasteiger partial charge in [0.1, 0.15) is 5.69 Å². The van der Waals surface area contributed by atoms with Crippen LogP contribution in [0.3, 0.4) is 0 Å². The van der Waals surface area contributed by atoms with E-state index >= 15 is 0 Å². The van der Waals surface area contributed by atoms with E-state index in [9.17, 15) is 4.79 Å². The van der Waals surface area contributed by atoms with Gasteiger partial charge in [0.25, 0.3) is 5.91 Å². The number of hydrogen-bond donors (Lipinski definition) is 2. The second-order valence-electron chi connectivity index (χ2n) is 5.95. The quantitative estimate of drug-likeness (QED) is 0.909. The molecule has 0 atom stereocenters. The lowest BCUT2D eigenvalue weighted by atomic mass is 10.1. The Bertz CT molecular complexity index is 726. The van der Waals surface area contributed by atoms with Crippen LogP contribution in [0.1, 0.15) is 36.8 Å². The number of benzene rings is 1. The van der Waals surface area contributed by atoms with Crippen molar-refractivity contribution in [3.8, 4) is 6.07 Å². The fourth-order valence-corrected chi connectivity index (χ4v) is 1.93. The minimum Gasteiger partial charge on any atom is -0.380 e. The SMILES string of the molecule is CC(C)(C)Nc1ccnc(C(=O)Nc2cccc(C#N)c2)c1. The van der Waals surface area contributed by atoms with Crippen molar-refractivity contribution in [2.45, 2.75) is 26.3 Å². The van der Waals surface area contributed by atoms with Crippen LogP contribution < -0.4 is 10.6 Å². The first-order valence-corrected chi connectivity index (χ1v) is 6.93. The zero-order valence-electron chi connectivity index (χ0n) is 12.8. The zero-order valence-corrected chi connectivity index (χ0v) is 12.8. The molecule has 5 heteroatoms. The molecule has 1 aromatic carbocycles. The highest BCUT2D eigenvalue weighted by molar-refractivity contribution is 6.03. The van der Waals surface area contributed by atoms with Gasteiger partial charge in [-0.3, -0.25) is 9.78 Å². The van der Waals surface area contributed by atoms with Crippen LogP contribution in [0.15, 0.2) is 42.6 Å². The number of nitriles is 1. The standard InChI is InChI=1S/C17H18N4O/c1-17(2,3)21-14-7-8-19-15(10-14)16(22)20-13-6-4-5-12(9-13)11-18/h4-10H,1-3H3,(H,19,21)(H,20,22). The van der Waals surface area contributed by atoms with Gasteiger partial charge in [-0.05, 0) is 51.1 Å². The molecule has 0 spiro atoms. The average molecular weight is 294 g/mol. The summed E-state index contributed by atoms with van der Waals surface area (Å²) in [4.78, 5) is 16.3. The fourth-order valence-electron chi connectivity index (χ4n) is 1.93. The second kappa shape index (κ2) is 6.27. The number of anilines is 2. The van der Waals surface area contributed by atoms with Crippen molar-refractivity contribution < 1.29 is 4.79 Å². The number of carbonyl (C=O) groups is 1. The smallest absolute Gasteiger partial charge is 0.274 e. The highest BCUT2D eigenvalue weighted by Crippen LogP contribution is 2.16. The zero-order chi connectivity index (χ0) is 16.2. The third kappa shape index (κ3) is 4.32. The molecule has 22 heavy (non-hydrogen) atoms. The van der Waals surface area contributed by atoms with E-state index < -0.39 is 0 Å². The summed E-state index contributed by atoms with van der Waals surface area (Å²) in [5.74, 6) is -0.312. The number of hydrogen-bond acceptors (Lipinski definition) is 4. The molecular formula is C17H18N4O. The Morgan fingerprint density at radius 3 is 2.64 bits per heavy atom. The maximum atomic E-state index is 12.2. The molecule has 0 saturated carbocycles. The summed E-state index contributed by atoms with van der Waals surface area (Å²) in [7, 11) is 0. The Morgan fingerprint density at radius 2 is 1.95 bits per heavy atom. The van der Waals surface area contributed by atoms with Crippen molar-refractivity contribution in [3.63, 3.8) is 0 Å². The van der Waals surface area contributed by atoms with Crippen LogP contribution in [-0.4, -0.2) is 16.4 Å². The summed E-state index contributed by atoms with van der Waals surface area (Å²) in [6.07, 6.45) is 1.59. The van der Waals surface area contributed by atoms with Gasteiger partial charge in [0.15, 0.2) is 0 Å². The van der Waals surface area contributed by atoms with Crippen LogP contribution in [-0.2, 0) is 0 Å². The highest BCUT2D eigenvalue weighted by atomic mass is 16.1. The molecule has 0 saturated heterocycles. The minimum atomic E-state index is -0.312. The van der Waals surface area contributed by atoms with Crippen LogP contribution in [0, 0.1) is 11.3 Å². The number of carbonyl (C=O) groups excluding carboxylic acids is 1. The Balaban J connectivity index is 2.16. The van der Waals surface area contributed by atoms with Gasteiger partial charge in [-0.15, -0.1) is 0 Å². The van der Waals surface area contributed by atoms with E-state index in [0.717, 1.165) is 5.69 Å². The number of nitrogens with zero attached hydrogens (tertiary/aromatic N) is 2. The Labute approximate surface area is 130 Å². The second-order valence-corrected chi connectivity index (χ2v) is 5.95. The average Bonchev–Trinajstić information content (AvgIpc) is 2.46. The van der Waals surface area contributed by atoms with E-state index in [1.165, 1.54) is 0 Å². The lowest BCUT2D eigenvalue weighted by Gasteiger charge is -2.22. The monoisotopic (exact) mass is 294 g/mol. The third-order valence-corrected chi connectivity index (χ3v) is 2.76. The molecule has 112 valence electrons. The van der Waals surface area contributed by atoms with E-state index in [2.05, 4.69) is 15.6 Å². The molecule has 1 heterocycles. The van der Waals surface area contributed by atoms with Crippen LogP contribution in [0.2, 0.25) is 0 Å².